The number of nitrogens with zero attached hydrogens (tertiary/aromatic N) is 1. The minimum atomic E-state index is -0.318. The number of amides is 2. The molecule has 0 aliphatic carbocycles. The Morgan fingerprint density at radius 2 is 1.71 bits per heavy atom. The molecule has 4 rings (SSSR count). The molecule has 0 bridgehead atoms. The molecule has 1 aromatic heterocycles. The van der Waals surface area contributed by atoms with Gasteiger partial charge >= 0.3 is 0 Å². The Hall–Kier alpha value is -2.19. The number of nitrogens with one attached hydrogen (secondary N) is 2. The van der Waals surface area contributed by atoms with Gasteiger partial charge in [-0.25, -0.2) is 0 Å². The molecule has 5 nitrogen and oxygen atoms in total. The van der Waals surface area contributed by atoms with Crippen LogP contribution in [0.1, 0.15) is 20.0 Å². The van der Waals surface area contributed by atoms with E-state index in [0.717, 1.165) is 30.3 Å². The van der Waals surface area contributed by atoms with Crippen LogP contribution in [0.4, 0.5) is 17.1 Å². The summed E-state index contributed by atoms with van der Waals surface area (Å²) in [7, 11) is 0. The number of halogens is 2. The van der Waals surface area contributed by atoms with E-state index in [9.17, 15) is 9.59 Å². The van der Waals surface area contributed by atoms with Gasteiger partial charge in [-0.3, -0.25) is 9.59 Å². The van der Waals surface area contributed by atoms with Crippen molar-refractivity contribution in [3.05, 3.63) is 74.4 Å². The van der Waals surface area contributed by atoms with E-state index in [0.29, 0.717) is 31.9 Å². The van der Waals surface area contributed by atoms with Crippen LogP contribution in [0.2, 0.25) is 10.0 Å². The van der Waals surface area contributed by atoms with E-state index in [-0.39, 0.29) is 11.8 Å². The highest BCUT2D eigenvalue weighted by atomic mass is 35.5. The van der Waals surface area contributed by atoms with Gasteiger partial charge in [0, 0.05) is 35.8 Å². The van der Waals surface area contributed by atoms with E-state index in [2.05, 4.69) is 15.5 Å². The smallest absolute Gasteiger partial charge is 0.265 e. The number of thiophene rings is 1. The zero-order valence-electron chi connectivity index (χ0n) is 16.4. The summed E-state index contributed by atoms with van der Waals surface area (Å²) in [6.45, 7) is 1.92. The first kappa shape index (κ1) is 22.0. The molecular formula is C22H19Cl2N3O2S2. The number of thioether (sulfide) groups is 1. The van der Waals surface area contributed by atoms with Crippen molar-refractivity contribution >= 4 is 75.2 Å². The molecule has 2 aromatic carbocycles. The van der Waals surface area contributed by atoms with Gasteiger partial charge in [0.05, 0.1) is 26.3 Å². The molecule has 0 unspecified atom stereocenters. The van der Waals surface area contributed by atoms with Gasteiger partial charge in [0.25, 0.3) is 11.8 Å². The van der Waals surface area contributed by atoms with Gasteiger partial charge in [0.2, 0.25) is 0 Å². The maximum atomic E-state index is 12.8. The molecule has 2 amide bonds. The molecule has 0 saturated carbocycles. The normalized spacial score (nSPS) is 13.7. The maximum Gasteiger partial charge on any atom is 0.265 e. The summed E-state index contributed by atoms with van der Waals surface area (Å²) in [6.07, 6.45) is 0. The molecule has 31 heavy (non-hydrogen) atoms. The van der Waals surface area contributed by atoms with Crippen LogP contribution in [0.5, 0.6) is 0 Å². The summed E-state index contributed by atoms with van der Waals surface area (Å²) in [4.78, 5) is 27.9. The van der Waals surface area contributed by atoms with Crippen LogP contribution in [0, 0.1) is 0 Å². The zero-order chi connectivity index (χ0) is 21.8. The Morgan fingerprint density at radius 3 is 2.42 bits per heavy atom. The molecule has 1 fully saturated rings. The summed E-state index contributed by atoms with van der Waals surface area (Å²) in [6, 6.07) is 13.8. The monoisotopic (exact) mass is 491 g/mol. The maximum absolute atomic E-state index is 12.8. The summed E-state index contributed by atoms with van der Waals surface area (Å²) in [5.41, 5.74) is 2.33. The third kappa shape index (κ3) is 5.36. The van der Waals surface area contributed by atoms with Gasteiger partial charge in [0.15, 0.2) is 0 Å². The molecule has 0 atom stereocenters. The second-order valence-corrected chi connectivity index (χ2v) is 9.83. The van der Waals surface area contributed by atoms with Crippen molar-refractivity contribution in [2.24, 2.45) is 0 Å². The van der Waals surface area contributed by atoms with Crippen LogP contribution in [-0.2, 0) is 0 Å². The van der Waals surface area contributed by atoms with E-state index in [1.165, 1.54) is 11.3 Å². The second kappa shape index (κ2) is 9.96. The van der Waals surface area contributed by atoms with Crippen LogP contribution in [0.25, 0.3) is 0 Å². The van der Waals surface area contributed by atoms with Crippen LogP contribution in [-0.4, -0.2) is 36.4 Å². The van der Waals surface area contributed by atoms with E-state index in [4.69, 9.17) is 23.2 Å². The van der Waals surface area contributed by atoms with Gasteiger partial charge in [-0.1, -0.05) is 29.3 Å². The topological polar surface area (TPSA) is 61.4 Å². The van der Waals surface area contributed by atoms with Crippen molar-refractivity contribution in [3.8, 4) is 0 Å². The minimum absolute atomic E-state index is 0.270. The molecule has 2 N–H and O–H groups in total. The number of carbonyl (C=O) groups excluding carboxylic acids is 2. The predicted octanol–water partition coefficient (Wildman–Crippen LogP) is 6.11. The third-order valence-electron chi connectivity index (χ3n) is 4.78. The van der Waals surface area contributed by atoms with Crippen molar-refractivity contribution in [2.45, 2.75) is 0 Å². The summed E-state index contributed by atoms with van der Waals surface area (Å²) in [5.74, 6) is 1.57. The third-order valence-corrected chi connectivity index (χ3v) is 7.22. The Morgan fingerprint density at radius 1 is 0.903 bits per heavy atom. The first-order valence-corrected chi connectivity index (χ1v) is 12.4. The number of hydrogen-bond acceptors (Lipinski definition) is 5. The van der Waals surface area contributed by atoms with Gasteiger partial charge < -0.3 is 15.5 Å². The Labute approximate surface area is 198 Å². The van der Waals surface area contributed by atoms with Crippen molar-refractivity contribution in [3.63, 3.8) is 0 Å². The lowest BCUT2D eigenvalue weighted by atomic mass is 10.1. The molecule has 1 saturated heterocycles. The predicted molar refractivity (Wildman–Crippen MR) is 133 cm³/mol. The van der Waals surface area contributed by atoms with Crippen molar-refractivity contribution in [1.82, 2.24) is 0 Å². The van der Waals surface area contributed by atoms with Crippen LogP contribution in [0.15, 0.2) is 53.9 Å². The minimum Gasteiger partial charge on any atom is -0.369 e. The molecule has 1 aliphatic heterocycles. The molecule has 160 valence electrons. The lowest BCUT2D eigenvalue weighted by Crippen LogP contribution is -2.32. The molecule has 1 aliphatic rings. The van der Waals surface area contributed by atoms with E-state index in [1.54, 1.807) is 36.4 Å². The number of benzene rings is 2. The average Bonchev–Trinajstić information content (AvgIpc) is 3.31. The molecule has 2 heterocycles. The highest BCUT2D eigenvalue weighted by Gasteiger charge is 2.16. The van der Waals surface area contributed by atoms with Crippen molar-refractivity contribution in [1.29, 1.82) is 0 Å². The lowest BCUT2D eigenvalue weighted by Gasteiger charge is -2.29. The van der Waals surface area contributed by atoms with Crippen LogP contribution in [0.3, 0.4) is 0 Å². The van der Waals surface area contributed by atoms with E-state index < -0.39 is 0 Å². The van der Waals surface area contributed by atoms with Gasteiger partial charge in [-0.15, -0.1) is 11.3 Å². The standard InChI is InChI=1S/C22H19Cl2N3O2S2/c23-16-5-3-14(12-18(16)26-22(29)20-2-1-9-31-20)21(28)25-15-4-6-19(17(24)13-15)27-7-10-30-11-8-27/h1-6,9,12-13H,7-8,10-11H2,(H,25,28)(H,26,29). The molecule has 0 radical (unpaired) electrons. The number of carbonyl (C=O) groups is 2. The molecule has 3 aromatic rings. The summed E-state index contributed by atoms with van der Waals surface area (Å²) >= 11 is 16.0. The fraction of sp³-hybridized carbons (Fsp3) is 0.182. The van der Waals surface area contributed by atoms with Gasteiger partial charge in [-0.2, -0.15) is 11.8 Å². The van der Waals surface area contributed by atoms with E-state index in [1.807, 2.05) is 29.3 Å². The Bertz CT molecular complexity index is 1100. The number of anilines is 3. The average molecular weight is 492 g/mol. The fourth-order valence-corrected chi connectivity index (χ4v) is 5.19. The lowest BCUT2D eigenvalue weighted by molar-refractivity contribution is 0.101. The summed E-state index contributed by atoms with van der Waals surface area (Å²) in [5, 5.41) is 8.39. The Balaban J connectivity index is 1.47. The van der Waals surface area contributed by atoms with Gasteiger partial charge in [-0.05, 0) is 47.8 Å². The van der Waals surface area contributed by atoms with Crippen LogP contribution < -0.4 is 15.5 Å². The van der Waals surface area contributed by atoms with Crippen molar-refractivity contribution < 1.29 is 9.59 Å². The largest absolute Gasteiger partial charge is 0.369 e. The Kier molecular flexibility index (Phi) is 7.07. The van der Waals surface area contributed by atoms with Crippen LogP contribution >= 0.6 is 46.3 Å². The number of rotatable bonds is 5. The summed E-state index contributed by atoms with van der Waals surface area (Å²) < 4.78 is 0. The quantitative estimate of drug-likeness (QED) is 0.451. The molecule has 9 heteroatoms. The van der Waals surface area contributed by atoms with Crippen molar-refractivity contribution in [2.75, 3.05) is 40.1 Å². The van der Waals surface area contributed by atoms with E-state index >= 15 is 0 Å². The molecule has 0 spiro atoms. The first-order chi connectivity index (χ1) is 15.0. The highest BCUT2D eigenvalue weighted by Crippen LogP contribution is 2.31. The van der Waals surface area contributed by atoms with Gasteiger partial charge in [0.1, 0.15) is 0 Å². The molecular weight excluding hydrogens is 473 g/mol. The SMILES string of the molecule is O=C(Nc1ccc(N2CCSCC2)c(Cl)c1)c1ccc(Cl)c(NC(=O)c2cccs2)c1. The number of hydrogen-bond donors (Lipinski definition) is 2. The highest BCUT2D eigenvalue weighted by molar-refractivity contribution is 7.99. The fourth-order valence-electron chi connectivity index (χ4n) is 3.20. The second-order valence-electron chi connectivity index (χ2n) is 6.85. The first-order valence-electron chi connectivity index (χ1n) is 9.59. The zero-order valence-corrected chi connectivity index (χ0v) is 19.5.